The maximum atomic E-state index is 14.1. The van der Waals surface area contributed by atoms with Gasteiger partial charge in [-0.1, -0.05) is 60.7 Å². The Balaban J connectivity index is 1.68. The molecule has 0 saturated carbocycles. The van der Waals surface area contributed by atoms with Gasteiger partial charge in [-0.05, 0) is 55.2 Å². The largest absolute Gasteiger partial charge is 0.480 e. The van der Waals surface area contributed by atoms with E-state index in [0.717, 1.165) is 16.0 Å². The fourth-order valence-corrected chi connectivity index (χ4v) is 5.36. The fraction of sp³-hybridized carbons (Fsp3) is 0.303. The number of rotatable bonds is 15. The lowest BCUT2D eigenvalue weighted by Gasteiger charge is -2.36. The molecule has 3 aromatic carbocycles. The van der Waals surface area contributed by atoms with E-state index < -0.39 is 73.0 Å². The molecule has 0 radical (unpaired) electrons. The Morgan fingerprint density at radius 3 is 1.98 bits per heavy atom. The zero-order valence-electron chi connectivity index (χ0n) is 25.3. The summed E-state index contributed by atoms with van der Waals surface area (Å²) >= 11 is 0. The summed E-state index contributed by atoms with van der Waals surface area (Å²) in [5.74, 6) is -9.30. The van der Waals surface area contributed by atoms with E-state index >= 15 is 0 Å². The van der Waals surface area contributed by atoms with Crippen molar-refractivity contribution in [3.8, 4) is 11.5 Å². The van der Waals surface area contributed by atoms with Gasteiger partial charge in [0, 0.05) is 12.0 Å². The number of carboxylic acid groups (broad SMARTS) is 3. The van der Waals surface area contributed by atoms with Crippen molar-refractivity contribution in [2.24, 2.45) is 5.73 Å². The van der Waals surface area contributed by atoms with Crippen molar-refractivity contribution in [3.63, 3.8) is 0 Å². The average Bonchev–Trinajstić information content (AvgIpc) is 3.45. The third kappa shape index (κ3) is 8.42. The van der Waals surface area contributed by atoms with Crippen LogP contribution in [0, 0.1) is 0 Å². The molecule has 3 aromatic rings. The topological polar surface area (TPSA) is 212 Å². The Labute approximate surface area is 269 Å². The molecular weight excluding hydrogens is 616 g/mol. The van der Waals surface area contributed by atoms with Crippen molar-refractivity contribution in [1.82, 2.24) is 4.90 Å². The minimum Gasteiger partial charge on any atom is -0.480 e. The molecule has 1 fully saturated rings. The lowest BCUT2D eigenvalue weighted by molar-refractivity contribution is -0.221. The molecule has 0 aliphatic carbocycles. The second-order valence-electron chi connectivity index (χ2n) is 10.8. The smallest absolute Gasteiger partial charge is 0.404 e. The Bertz CT molecular complexity index is 1550. The molecule has 248 valence electrons. The molecule has 5 N–H and O–H groups in total. The number of ether oxygens (including phenoxy) is 4. The van der Waals surface area contributed by atoms with E-state index in [1.54, 1.807) is 43.3 Å². The maximum Gasteiger partial charge on any atom is 0.404 e. The Hall–Kier alpha value is -5.47. The van der Waals surface area contributed by atoms with Gasteiger partial charge in [0.05, 0.1) is 0 Å². The van der Waals surface area contributed by atoms with Gasteiger partial charge in [-0.2, -0.15) is 0 Å². The van der Waals surface area contributed by atoms with E-state index in [9.17, 15) is 39.3 Å². The summed E-state index contributed by atoms with van der Waals surface area (Å²) in [6, 6.07) is 24.8. The van der Waals surface area contributed by atoms with E-state index in [-0.39, 0.29) is 0 Å². The van der Waals surface area contributed by atoms with E-state index in [2.05, 4.69) is 4.74 Å². The van der Waals surface area contributed by atoms with Crippen molar-refractivity contribution >= 4 is 29.9 Å². The third-order valence-corrected chi connectivity index (χ3v) is 7.68. The van der Waals surface area contributed by atoms with Crippen LogP contribution in [-0.2, 0) is 39.8 Å². The molecule has 2 amide bonds. The molecule has 4 atom stereocenters. The number of nitrogens with zero attached hydrogens (tertiary/aromatic N) is 1. The number of carbonyl (C=O) groups excluding carboxylic acids is 2. The van der Waals surface area contributed by atoms with Crippen molar-refractivity contribution < 1.29 is 58.2 Å². The van der Waals surface area contributed by atoms with Crippen molar-refractivity contribution in [1.29, 1.82) is 0 Å². The van der Waals surface area contributed by atoms with Crippen LogP contribution in [0.5, 0.6) is 11.5 Å². The van der Waals surface area contributed by atoms with Crippen molar-refractivity contribution in [2.45, 2.75) is 49.7 Å². The fourth-order valence-electron chi connectivity index (χ4n) is 5.36. The van der Waals surface area contributed by atoms with Gasteiger partial charge in [-0.25, -0.2) is 14.4 Å². The average molecular weight is 651 g/mol. The number of amides is 2. The molecule has 14 nitrogen and oxygen atoms in total. The lowest BCUT2D eigenvalue weighted by atomic mass is 9.85. The van der Waals surface area contributed by atoms with Crippen LogP contribution in [0.15, 0.2) is 84.9 Å². The molecule has 1 aliphatic heterocycles. The minimum atomic E-state index is -3.33. The molecular formula is C33H34N2O12. The van der Waals surface area contributed by atoms with Crippen LogP contribution < -0.4 is 10.5 Å². The molecule has 1 heterocycles. The number of primary amides is 1. The minimum absolute atomic E-state index is 0.442. The summed E-state index contributed by atoms with van der Waals surface area (Å²) < 4.78 is 21.0. The summed E-state index contributed by atoms with van der Waals surface area (Å²) in [6.45, 7) is -0.0751. The second-order valence-corrected chi connectivity index (χ2v) is 10.8. The summed E-state index contributed by atoms with van der Waals surface area (Å²) in [5.41, 5.74) is 6.75. The number of hydrogen-bond donors (Lipinski definition) is 4. The van der Waals surface area contributed by atoms with E-state index in [4.69, 9.17) is 19.9 Å². The molecule has 47 heavy (non-hydrogen) atoms. The predicted octanol–water partition coefficient (Wildman–Crippen LogP) is 3.24. The first-order valence-electron chi connectivity index (χ1n) is 14.5. The summed E-state index contributed by atoms with van der Waals surface area (Å²) in [7, 11) is 0. The van der Waals surface area contributed by atoms with Crippen LogP contribution in [0.1, 0.15) is 30.4 Å². The molecule has 0 spiro atoms. The number of aryl methyl sites for hydroxylation is 1. The van der Waals surface area contributed by atoms with Crippen LogP contribution in [0.2, 0.25) is 0 Å². The highest BCUT2D eigenvalue weighted by molar-refractivity contribution is 6.01. The zero-order valence-corrected chi connectivity index (χ0v) is 25.3. The summed E-state index contributed by atoms with van der Waals surface area (Å²) in [4.78, 5) is 62.3. The Morgan fingerprint density at radius 2 is 1.43 bits per heavy atom. The highest BCUT2D eigenvalue weighted by Gasteiger charge is 2.62. The number of benzene rings is 3. The first kappa shape index (κ1) is 34.4. The quantitative estimate of drug-likeness (QED) is 0.175. The lowest BCUT2D eigenvalue weighted by Crippen LogP contribution is -2.53. The van der Waals surface area contributed by atoms with Crippen LogP contribution in [0.4, 0.5) is 4.79 Å². The number of aliphatic carboxylic acids is 3. The third-order valence-electron chi connectivity index (χ3n) is 7.68. The molecule has 0 aromatic heterocycles. The number of para-hydroxylation sites is 1. The summed E-state index contributed by atoms with van der Waals surface area (Å²) in [5, 5.41) is 29.1. The van der Waals surface area contributed by atoms with Gasteiger partial charge in [0.25, 0.3) is 5.91 Å². The molecule has 4 unspecified atom stereocenters. The van der Waals surface area contributed by atoms with Gasteiger partial charge in [0.15, 0.2) is 6.10 Å². The number of hydrogen-bond acceptors (Lipinski definition) is 9. The van der Waals surface area contributed by atoms with Crippen molar-refractivity contribution in [2.75, 3.05) is 13.2 Å². The normalized spacial score (nSPS) is 18.0. The Kier molecular flexibility index (Phi) is 11.1. The standard InChI is InChI=1S/C33H34N2O12/c1-20(35(18-27(36)37)29(38)28-26(19-44-32(34)43)46-33(47-28,30(39)40)31(41)42)25(17-12-21-8-4-2-5-9-21)22-13-15-24(16-14-22)45-23-10-6-3-7-11-23/h2-11,13-16,20,25-26,28H,12,17-19H2,1H3,(H2,34,43)(H,36,37)(H,39,40)(H,41,42). The van der Waals surface area contributed by atoms with Crippen LogP contribution in [0.25, 0.3) is 0 Å². The Morgan fingerprint density at radius 1 is 0.851 bits per heavy atom. The van der Waals surface area contributed by atoms with Gasteiger partial charge in [0.1, 0.15) is 30.8 Å². The van der Waals surface area contributed by atoms with Gasteiger partial charge in [0.2, 0.25) is 0 Å². The van der Waals surface area contributed by atoms with E-state index in [0.29, 0.717) is 24.3 Å². The predicted molar refractivity (Wildman–Crippen MR) is 163 cm³/mol. The summed E-state index contributed by atoms with van der Waals surface area (Å²) in [6.07, 6.45) is -4.05. The van der Waals surface area contributed by atoms with Crippen LogP contribution >= 0.6 is 0 Å². The van der Waals surface area contributed by atoms with Gasteiger partial charge in [-0.15, -0.1) is 0 Å². The first-order valence-corrected chi connectivity index (χ1v) is 14.5. The molecule has 0 bridgehead atoms. The van der Waals surface area contributed by atoms with Gasteiger partial charge >= 0.3 is 29.8 Å². The second kappa shape index (κ2) is 15.2. The van der Waals surface area contributed by atoms with Crippen molar-refractivity contribution in [3.05, 3.63) is 96.1 Å². The molecule has 1 saturated heterocycles. The molecule has 14 heteroatoms. The van der Waals surface area contributed by atoms with E-state index in [1.165, 1.54) is 0 Å². The number of nitrogens with two attached hydrogens (primary N) is 1. The number of carboxylic acids is 3. The number of carbonyl (C=O) groups is 5. The molecule has 1 aliphatic rings. The van der Waals surface area contributed by atoms with Crippen LogP contribution in [0.3, 0.4) is 0 Å². The van der Waals surface area contributed by atoms with Gasteiger partial charge < -0.3 is 44.9 Å². The maximum absolute atomic E-state index is 14.1. The first-order chi connectivity index (χ1) is 22.4. The molecule has 4 rings (SSSR count). The zero-order chi connectivity index (χ0) is 34.1. The highest BCUT2D eigenvalue weighted by Crippen LogP contribution is 2.35. The van der Waals surface area contributed by atoms with Gasteiger partial charge in [-0.3, -0.25) is 9.59 Å². The van der Waals surface area contributed by atoms with E-state index in [1.807, 2.05) is 48.5 Å². The monoisotopic (exact) mass is 650 g/mol. The highest BCUT2D eigenvalue weighted by atomic mass is 16.8. The van der Waals surface area contributed by atoms with Crippen LogP contribution in [-0.4, -0.2) is 87.3 Å². The SMILES string of the molecule is CC(C(CCc1ccccc1)c1ccc(Oc2ccccc2)cc1)N(CC(=O)O)C(=O)C1OC(C(=O)O)(C(=O)O)OC1COC(N)=O.